The number of carbonyl (C=O) groups is 2. The van der Waals surface area contributed by atoms with Gasteiger partial charge >= 0.3 is 0 Å². The molecule has 6 heteroatoms. The average molecular weight is 319 g/mol. The lowest BCUT2D eigenvalue weighted by molar-refractivity contribution is -0.130. The molecule has 0 atom stereocenters. The lowest BCUT2D eigenvalue weighted by Crippen LogP contribution is -2.32. The van der Waals surface area contributed by atoms with Gasteiger partial charge in [0.25, 0.3) is 0 Å². The highest BCUT2D eigenvalue weighted by atomic mass is 16.5. The van der Waals surface area contributed by atoms with Gasteiger partial charge in [-0.1, -0.05) is 0 Å². The minimum absolute atomic E-state index is 0.0621. The first-order valence-electron chi connectivity index (χ1n) is 8.04. The van der Waals surface area contributed by atoms with E-state index >= 15 is 0 Å². The minimum atomic E-state index is 0.0621. The van der Waals surface area contributed by atoms with Crippen molar-refractivity contribution in [3.63, 3.8) is 0 Å². The van der Waals surface area contributed by atoms with E-state index in [9.17, 15) is 9.59 Å². The zero-order valence-electron chi connectivity index (χ0n) is 13.9. The maximum atomic E-state index is 11.9. The Morgan fingerprint density at radius 2 is 2.22 bits per heavy atom. The fourth-order valence-corrected chi connectivity index (χ4v) is 2.46. The molecule has 1 aromatic rings. The summed E-state index contributed by atoms with van der Waals surface area (Å²) in [6, 6.07) is 5.69. The van der Waals surface area contributed by atoms with Crippen molar-refractivity contribution in [3.05, 3.63) is 23.8 Å². The fraction of sp³-hybridized carbons (Fsp3) is 0.529. The van der Waals surface area contributed by atoms with Gasteiger partial charge in [-0.25, -0.2) is 0 Å². The van der Waals surface area contributed by atoms with E-state index in [1.807, 2.05) is 32.3 Å². The Morgan fingerprint density at radius 3 is 3.00 bits per heavy atom. The van der Waals surface area contributed by atoms with E-state index in [2.05, 4.69) is 10.6 Å². The number of hydrogen-bond donors (Lipinski definition) is 2. The van der Waals surface area contributed by atoms with Gasteiger partial charge in [0.15, 0.2) is 0 Å². The average Bonchev–Trinajstić information content (AvgIpc) is 2.56. The quantitative estimate of drug-likeness (QED) is 0.711. The van der Waals surface area contributed by atoms with Crippen LogP contribution in [0.5, 0.6) is 5.75 Å². The lowest BCUT2D eigenvalue weighted by Gasteiger charge is -2.18. The van der Waals surface area contributed by atoms with Crippen LogP contribution in [0.15, 0.2) is 18.2 Å². The van der Waals surface area contributed by atoms with Gasteiger partial charge in [0.2, 0.25) is 11.8 Å². The molecule has 0 fully saturated rings. The summed E-state index contributed by atoms with van der Waals surface area (Å²) in [5.41, 5.74) is 1.97. The van der Waals surface area contributed by atoms with E-state index in [0.29, 0.717) is 32.4 Å². The van der Waals surface area contributed by atoms with Crippen LogP contribution in [-0.2, 0) is 16.0 Å². The molecule has 2 N–H and O–H groups in total. The van der Waals surface area contributed by atoms with E-state index < -0.39 is 0 Å². The number of anilines is 1. The van der Waals surface area contributed by atoms with Crippen molar-refractivity contribution in [2.24, 2.45) is 0 Å². The highest BCUT2D eigenvalue weighted by Gasteiger charge is 2.15. The number of carbonyl (C=O) groups excluding carboxylic acids is 2. The Hall–Kier alpha value is -2.08. The number of benzene rings is 1. The summed E-state index contributed by atoms with van der Waals surface area (Å²) in [4.78, 5) is 24.9. The predicted molar refractivity (Wildman–Crippen MR) is 89.7 cm³/mol. The Kier molecular flexibility index (Phi) is 6.40. The molecular weight excluding hydrogens is 294 g/mol. The molecule has 1 aromatic carbocycles. The molecule has 0 bridgehead atoms. The molecule has 0 aromatic heterocycles. The Balaban J connectivity index is 1.72. The Morgan fingerprint density at radius 1 is 1.39 bits per heavy atom. The summed E-state index contributed by atoms with van der Waals surface area (Å²) in [6.45, 7) is 2.02. The number of nitrogens with zero attached hydrogens (tertiary/aromatic N) is 1. The van der Waals surface area contributed by atoms with Crippen LogP contribution in [0.2, 0.25) is 0 Å². The van der Waals surface area contributed by atoms with Crippen molar-refractivity contribution in [1.82, 2.24) is 10.2 Å². The van der Waals surface area contributed by atoms with Crippen LogP contribution in [0.4, 0.5) is 5.69 Å². The molecule has 23 heavy (non-hydrogen) atoms. The van der Waals surface area contributed by atoms with Gasteiger partial charge in [-0.05, 0) is 43.7 Å². The summed E-state index contributed by atoms with van der Waals surface area (Å²) >= 11 is 0. The number of aryl methyl sites for hydroxylation is 1. The second-order valence-corrected chi connectivity index (χ2v) is 5.74. The number of hydrogen-bond acceptors (Lipinski definition) is 4. The van der Waals surface area contributed by atoms with Crippen LogP contribution in [-0.4, -0.2) is 50.5 Å². The molecule has 0 saturated carbocycles. The van der Waals surface area contributed by atoms with Gasteiger partial charge < -0.3 is 20.3 Å². The van der Waals surface area contributed by atoms with Crippen molar-refractivity contribution in [2.75, 3.05) is 39.1 Å². The molecule has 1 aliphatic heterocycles. The normalized spacial score (nSPS) is 13.2. The molecule has 1 heterocycles. The zero-order valence-corrected chi connectivity index (χ0v) is 13.9. The van der Waals surface area contributed by atoms with Gasteiger partial charge in [-0.15, -0.1) is 0 Å². The van der Waals surface area contributed by atoms with Crippen LogP contribution in [0, 0.1) is 0 Å². The third-order valence-corrected chi connectivity index (χ3v) is 3.90. The van der Waals surface area contributed by atoms with E-state index in [4.69, 9.17) is 4.74 Å². The summed E-state index contributed by atoms with van der Waals surface area (Å²) in [5, 5.41) is 5.87. The van der Waals surface area contributed by atoms with Crippen molar-refractivity contribution >= 4 is 17.5 Å². The van der Waals surface area contributed by atoms with Crippen molar-refractivity contribution in [1.29, 1.82) is 0 Å². The lowest BCUT2D eigenvalue weighted by atomic mass is 10.0. The van der Waals surface area contributed by atoms with Crippen LogP contribution in [0.1, 0.15) is 24.8 Å². The summed E-state index contributed by atoms with van der Waals surface area (Å²) in [5.74, 6) is 0.986. The van der Waals surface area contributed by atoms with E-state index in [0.717, 1.165) is 30.0 Å². The molecule has 0 radical (unpaired) electrons. The number of nitrogens with one attached hydrogen (secondary N) is 2. The molecule has 0 aliphatic carbocycles. The first-order valence-corrected chi connectivity index (χ1v) is 8.04. The monoisotopic (exact) mass is 319 g/mol. The van der Waals surface area contributed by atoms with Crippen LogP contribution < -0.4 is 15.4 Å². The Bertz CT molecular complexity index is 560. The molecule has 0 saturated heterocycles. The second-order valence-electron chi connectivity index (χ2n) is 5.74. The molecule has 126 valence electrons. The molecule has 1 aliphatic rings. The number of likely N-dealkylation sites (N-methyl/N-ethyl adjacent to an activating group) is 2. The van der Waals surface area contributed by atoms with Gasteiger partial charge in [-0.3, -0.25) is 9.59 Å². The smallest absolute Gasteiger partial charge is 0.224 e. The molecule has 2 rings (SSSR count). The van der Waals surface area contributed by atoms with Gasteiger partial charge in [0.05, 0.1) is 6.61 Å². The first kappa shape index (κ1) is 17.3. The Labute approximate surface area is 137 Å². The summed E-state index contributed by atoms with van der Waals surface area (Å²) < 4.78 is 5.71. The zero-order chi connectivity index (χ0) is 16.7. The SMILES string of the molecule is CNCCN(C)C(=O)CCCOc1ccc2c(c1)CCC(=O)N2. The number of rotatable bonds is 8. The number of ether oxygens (including phenoxy) is 1. The highest BCUT2D eigenvalue weighted by molar-refractivity contribution is 5.94. The highest BCUT2D eigenvalue weighted by Crippen LogP contribution is 2.26. The van der Waals surface area contributed by atoms with Crippen molar-refractivity contribution in [3.8, 4) is 5.75 Å². The van der Waals surface area contributed by atoms with Gasteiger partial charge in [0.1, 0.15) is 5.75 Å². The van der Waals surface area contributed by atoms with E-state index in [-0.39, 0.29) is 11.8 Å². The molecule has 6 nitrogen and oxygen atoms in total. The maximum Gasteiger partial charge on any atom is 0.224 e. The predicted octanol–water partition coefficient (Wildman–Crippen LogP) is 1.41. The van der Waals surface area contributed by atoms with E-state index in [1.54, 1.807) is 4.90 Å². The van der Waals surface area contributed by atoms with Crippen LogP contribution in [0.25, 0.3) is 0 Å². The van der Waals surface area contributed by atoms with Crippen molar-refractivity contribution in [2.45, 2.75) is 25.7 Å². The first-order chi connectivity index (χ1) is 11.1. The van der Waals surface area contributed by atoms with Crippen LogP contribution in [0.3, 0.4) is 0 Å². The summed E-state index contributed by atoms with van der Waals surface area (Å²) in [7, 11) is 3.69. The molecule has 0 spiro atoms. The molecule has 0 unspecified atom stereocenters. The standard InChI is InChI=1S/C17H25N3O3/c1-18-9-10-20(2)17(22)4-3-11-23-14-6-7-15-13(12-14)5-8-16(21)19-15/h6-7,12,18H,3-5,8-11H2,1-2H3,(H,19,21). The van der Waals surface area contributed by atoms with Gasteiger partial charge in [0, 0.05) is 38.7 Å². The number of amides is 2. The topological polar surface area (TPSA) is 70.7 Å². The maximum absolute atomic E-state index is 11.9. The fourth-order valence-electron chi connectivity index (χ4n) is 2.46. The van der Waals surface area contributed by atoms with Crippen molar-refractivity contribution < 1.29 is 14.3 Å². The van der Waals surface area contributed by atoms with Crippen LogP contribution >= 0.6 is 0 Å². The van der Waals surface area contributed by atoms with E-state index in [1.165, 1.54) is 0 Å². The molecular formula is C17H25N3O3. The molecule has 2 amide bonds. The number of fused-ring (bicyclic) bond motifs is 1. The van der Waals surface area contributed by atoms with Gasteiger partial charge in [-0.2, -0.15) is 0 Å². The minimum Gasteiger partial charge on any atom is -0.494 e. The second kappa shape index (κ2) is 8.53. The largest absolute Gasteiger partial charge is 0.494 e. The third kappa shape index (κ3) is 5.25. The summed E-state index contributed by atoms with van der Waals surface area (Å²) in [6.07, 6.45) is 2.44. The third-order valence-electron chi connectivity index (χ3n) is 3.90.